The zero-order chi connectivity index (χ0) is 20.5. The van der Waals surface area contributed by atoms with E-state index in [1.54, 1.807) is 16.7 Å². The highest BCUT2D eigenvalue weighted by molar-refractivity contribution is 5.92. The van der Waals surface area contributed by atoms with Crippen molar-refractivity contribution in [3.63, 3.8) is 0 Å². The standard InChI is InChI=1S/C20H30N4O4/c1-4-28-20(27)16-5-10-23(11-6-16)18(25)7-12-24(14-15(2)3)19(26)17-13-21-8-9-22-17/h8-9,13,15-16H,4-7,10-12,14H2,1-3H3. The summed E-state index contributed by atoms with van der Waals surface area (Å²) in [6.07, 6.45) is 5.95. The third-order valence-corrected chi connectivity index (χ3v) is 4.72. The number of hydrogen-bond acceptors (Lipinski definition) is 6. The average Bonchev–Trinajstić information content (AvgIpc) is 2.71. The lowest BCUT2D eigenvalue weighted by Crippen LogP contribution is -2.43. The van der Waals surface area contributed by atoms with Crippen molar-refractivity contribution in [2.45, 2.75) is 40.0 Å². The molecule has 28 heavy (non-hydrogen) atoms. The van der Waals surface area contributed by atoms with Gasteiger partial charge in [0.25, 0.3) is 5.91 Å². The number of carbonyl (C=O) groups excluding carboxylic acids is 3. The third-order valence-electron chi connectivity index (χ3n) is 4.72. The molecule has 8 nitrogen and oxygen atoms in total. The Bertz CT molecular complexity index is 657. The Morgan fingerprint density at radius 2 is 1.96 bits per heavy atom. The number of amides is 2. The first-order valence-corrected chi connectivity index (χ1v) is 9.92. The van der Waals surface area contributed by atoms with E-state index in [1.807, 2.05) is 13.8 Å². The van der Waals surface area contributed by atoms with E-state index in [4.69, 9.17) is 4.74 Å². The molecule has 0 spiro atoms. The van der Waals surface area contributed by atoms with Gasteiger partial charge in [-0.3, -0.25) is 19.4 Å². The summed E-state index contributed by atoms with van der Waals surface area (Å²) < 4.78 is 5.06. The van der Waals surface area contributed by atoms with Crippen molar-refractivity contribution >= 4 is 17.8 Å². The van der Waals surface area contributed by atoms with E-state index >= 15 is 0 Å². The van der Waals surface area contributed by atoms with E-state index in [9.17, 15) is 14.4 Å². The number of aromatic nitrogens is 2. The van der Waals surface area contributed by atoms with Gasteiger partial charge in [-0.15, -0.1) is 0 Å². The number of piperidine rings is 1. The van der Waals surface area contributed by atoms with Crippen LogP contribution in [0.2, 0.25) is 0 Å². The van der Waals surface area contributed by atoms with Crippen molar-refractivity contribution in [2.75, 3.05) is 32.8 Å². The Kier molecular flexibility index (Phi) is 8.35. The topological polar surface area (TPSA) is 92.7 Å². The van der Waals surface area contributed by atoms with Crippen molar-refractivity contribution in [1.82, 2.24) is 19.8 Å². The predicted molar refractivity (Wildman–Crippen MR) is 103 cm³/mol. The molecule has 1 aliphatic rings. The number of carbonyl (C=O) groups is 3. The van der Waals surface area contributed by atoms with Crippen LogP contribution in [0.25, 0.3) is 0 Å². The molecule has 2 rings (SSSR count). The van der Waals surface area contributed by atoms with Gasteiger partial charge in [-0.05, 0) is 25.7 Å². The van der Waals surface area contributed by atoms with Crippen LogP contribution in [-0.2, 0) is 14.3 Å². The van der Waals surface area contributed by atoms with Gasteiger partial charge in [0.1, 0.15) is 5.69 Å². The minimum atomic E-state index is -0.212. The molecule has 154 valence electrons. The largest absolute Gasteiger partial charge is 0.466 e. The van der Waals surface area contributed by atoms with E-state index in [2.05, 4.69) is 9.97 Å². The van der Waals surface area contributed by atoms with Crippen molar-refractivity contribution in [3.05, 3.63) is 24.3 Å². The molecule has 0 saturated carbocycles. The lowest BCUT2D eigenvalue weighted by Gasteiger charge is -2.32. The number of ether oxygens (including phenoxy) is 1. The molecular formula is C20H30N4O4. The minimum absolute atomic E-state index is 0.00279. The summed E-state index contributed by atoms with van der Waals surface area (Å²) in [5, 5.41) is 0. The number of likely N-dealkylation sites (tertiary alicyclic amines) is 1. The highest BCUT2D eigenvalue weighted by atomic mass is 16.5. The Hall–Kier alpha value is -2.51. The first-order chi connectivity index (χ1) is 13.4. The van der Waals surface area contributed by atoms with Crippen molar-refractivity contribution < 1.29 is 19.1 Å². The second-order valence-corrected chi connectivity index (χ2v) is 7.39. The maximum Gasteiger partial charge on any atom is 0.309 e. The Morgan fingerprint density at radius 3 is 2.54 bits per heavy atom. The highest BCUT2D eigenvalue weighted by Gasteiger charge is 2.28. The van der Waals surface area contributed by atoms with Gasteiger partial charge in [-0.1, -0.05) is 13.8 Å². The van der Waals surface area contributed by atoms with Crippen molar-refractivity contribution in [2.24, 2.45) is 11.8 Å². The molecule has 0 aliphatic carbocycles. The highest BCUT2D eigenvalue weighted by Crippen LogP contribution is 2.19. The second kappa shape index (κ2) is 10.7. The molecule has 1 fully saturated rings. The van der Waals surface area contributed by atoms with Gasteiger partial charge in [0.15, 0.2) is 0 Å². The van der Waals surface area contributed by atoms with Gasteiger partial charge in [-0.25, -0.2) is 4.98 Å². The fraction of sp³-hybridized carbons (Fsp3) is 0.650. The molecule has 0 N–H and O–H groups in total. The van der Waals surface area contributed by atoms with Gasteiger partial charge < -0.3 is 14.5 Å². The molecule has 1 aromatic heterocycles. The van der Waals surface area contributed by atoms with Crippen LogP contribution in [0.1, 0.15) is 50.5 Å². The van der Waals surface area contributed by atoms with Crippen LogP contribution in [0, 0.1) is 11.8 Å². The normalized spacial score (nSPS) is 14.8. The van der Waals surface area contributed by atoms with Gasteiger partial charge in [0.2, 0.25) is 5.91 Å². The molecular weight excluding hydrogens is 360 g/mol. The summed E-state index contributed by atoms with van der Waals surface area (Å²) in [5.74, 6) is -0.235. The maximum absolute atomic E-state index is 12.7. The number of nitrogens with zero attached hydrogens (tertiary/aromatic N) is 4. The zero-order valence-electron chi connectivity index (χ0n) is 17.0. The van der Waals surface area contributed by atoms with Crippen LogP contribution in [0.5, 0.6) is 0 Å². The summed E-state index contributed by atoms with van der Waals surface area (Å²) in [4.78, 5) is 48.6. The van der Waals surface area contributed by atoms with Crippen LogP contribution < -0.4 is 0 Å². The van der Waals surface area contributed by atoms with Gasteiger partial charge in [-0.2, -0.15) is 0 Å². The SMILES string of the molecule is CCOC(=O)C1CCN(C(=O)CCN(CC(C)C)C(=O)c2cnccn2)CC1. The molecule has 0 unspecified atom stereocenters. The summed E-state index contributed by atoms with van der Waals surface area (Å²) in [6, 6.07) is 0. The van der Waals surface area contributed by atoms with Crippen LogP contribution >= 0.6 is 0 Å². The van der Waals surface area contributed by atoms with Crippen molar-refractivity contribution in [3.8, 4) is 0 Å². The Balaban J connectivity index is 1.88. The number of esters is 1. The first-order valence-electron chi connectivity index (χ1n) is 9.92. The molecule has 0 atom stereocenters. The summed E-state index contributed by atoms with van der Waals surface area (Å²) in [6.45, 7) is 8.20. The molecule has 0 radical (unpaired) electrons. The maximum atomic E-state index is 12.7. The Labute approximate surface area is 166 Å². The summed E-state index contributed by atoms with van der Waals surface area (Å²) in [5.41, 5.74) is 0.283. The molecule has 1 saturated heterocycles. The molecule has 2 heterocycles. The van der Waals surface area contributed by atoms with Gasteiger partial charge in [0, 0.05) is 45.0 Å². The quantitative estimate of drug-likeness (QED) is 0.628. The summed E-state index contributed by atoms with van der Waals surface area (Å²) in [7, 11) is 0. The molecule has 1 aliphatic heterocycles. The van der Waals surface area contributed by atoms with Crippen LogP contribution in [0.4, 0.5) is 0 Å². The van der Waals surface area contributed by atoms with Crippen LogP contribution in [0.15, 0.2) is 18.6 Å². The van der Waals surface area contributed by atoms with E-state index in [1.165, 1.54) is 18.6 Å². The predicted octanol–water partition coefficient (Wildman–Crippen LogP) is 1.77. The van der Waals surface area contributed by atoms with Crippen LogP contribution in [-0.4, -0.2) is 70.3 Å². The fourth-order valence-corrected chi connectivity index (χ4v) is 3.30. The van der Waals surface area contributed by atoms with Crippen LogP contribution in [0.3, 0.4) is 0 Å². The lowest BCUT2D eigenvalue weighted by atomic mass is 9.97. The van der Waals surface area contributed by atoms with Gasteiger partial charge >= 0.3 is 5.97 Å². The zero-order valence-corrected chi connectivity index (χ0v) is 17.0. The molecule has 1 aromatic rings. The number of hydrogen-bond donors (Lipinski definition) is 0. The summed E-state index contributed by atoms with van der Waals surface area (Å²) >= 11 is 0. The van der Waals surface area contributed by atoms with Gasteiger partial charge in [0.05, 0.1) is 18.7 Å². The molecule has 8 heteroatoms. The number of rotatable bonds is 8. The average molecular weight is 390 g/mol. The minimum Gasteiger partial charge on any atom is -0.466 e. The molecule has 2 amide bonds. The smallest absolute Gasteiger partial charge is 0.309 e. The third kappa shape index (κ3) is 6.28. The van der Waals surface area contributed by atoms with Crippen molar-refractivity contribution in [1.29, 1.82) is 0 Å². The monoisotopic (exact) mass is 390 g/mol. The molecule has 0 aromatic carbocycles. The molecule has 0 bridgehead atoms. The lowest BCUT2D eigenvalue weighted by molar-refractivity contribution is -0.151. The Morgan fingerprint density at radius 1 is 1.25 bits per heavy atom. The van der Waals surface area contributed by atoms with E-state index in [0.29, 0.717) is 45.6 Å². The van der Waals surface area contributed by atoms with E-state index < -0.39 is 0 Å². The van der Waals surface area contributed by atoms with E-state index in [0.717, 1.165) is 0 Å². The first kappa shape index (κ1) is 21.8. The fourth-order valence-electron chi connectivity index (χ4n) is 3.30. The second-order valence-electron chi connectivity index (χ2n) is 7.39. The van der Waals surface area contributed by atoms with E-state index in [-0.39, 0.29) is 41.7 Å².